The molecule has 0 saturated carbocycles. The van der Waals surface area contributed by atoms with Crippen LogP contribution in [0.2, 0.25) is 0 Å². The smallest absolute Gasteiger partial charge is 0.131 e. The third kappa shape index (κ3) is 2.87. The van der Waals surface area contributed by atoms with Crippen molar-refractivity contribution in [2.24, 2.45) is 0 Å². The minimum Gasteiger partial charge on any atom is -0.338 e. The van der Waals surface area contributed by atoms with Crippen molar-refractivity contribution in [3.8, 4) is 0 Å². The van der Waals surface area contributed by atoms with Gasteiger partial charge in [0.2, 0.25) is 0 Å². The zero-order valence-electron chi connectivity index (χ0n) is 9.86. The number of nitrogens with zero attached hydrogens (tertiary/aromatic N) is 1. The van der Waals surface area contributed by atoms with E-state index < -0.39 is 0 Å². The molecular weight excluding hydrogens is 288 g/mol. The molecule has 1 N–H and O–H groups in total. The average Bonchev–Trinajstić information content (AvgIpc) is 2.76. The molecule has 0 saturated heterocycles. The molecule has 2 rings (SSSR count). The van der Waals surface area contributed by atoms with Gasteiger partial charge in [0.1, 0.15) is 5.82 Å². The van der Waals surface area contributed by atoms with Crippen LogP contribution >= 0.6 is 15.9 Å². The second-order valence-electron chi connectivity index (χ2n) is 3.72. The van der Waals surface area contributed by atoms with Crippen molar-refractivity contribution in [3.05, 3.63) is 71.5 Å². The molecule has 0 fully saturated rings. The van der Waals surface area contributed by atoms with E-state index in [0.29, 0.717) is 0 Å². The molecule has 0 aliphatic carbocycles. The van der Waals surface area contributed by atoms with Crippen LogP contribution < -0.4 is 0 Å². The van der Waals surface area contributed by atoms with Crippen molar-refractivity contribution in [1.82, 2.24) is 9.97 Å². The Morgan fingerprint density at radius 1 is 1.33 bits per heavy atom. The van der Waals surface area contributed by atoms with Crippen LogP contribution in [0.5, 0.6) is 0 Å². The summed E-state index contributed by atoms with van der Waals surface area (Å²) in [6, 6.07) is 5.96. The summed E-state index contributed by atoms with van der Waals surface area (Å²) in [7, 11) is 0. The fourth-order valence-electron chi connectivity index (χ4n) is 1.58. The van der Waals surface area contributed by atoms with Crippen LogP contribution in [0, 0.1) is 0 Å². The lowest BCUT2D eigenvalue weighted by molar-refractivity contribution is 1.29. The Morgan fingerprint density at radius 3 is 2.89 bits per heavy atom. The summed E-state index contributed by atoms with van der Waals surface area (Å²) in [5.74, 6) is 0.819. The SMILES string of the molecule is C=C/C=C(C=C)/C=C/c1nc2ccc(Br)cc2[nH]1. The number of allylic oxidation sites excluding steroid dienone is 5. The van der Waals surface area contributed by atoms with Crippen molar-refractivity contribution in [1.29, 1.82) is 0 Å². The molecule has 18 heavy (non-hydrogen) atoms. The van der Waals surface area contributed by atoms with E-state index in [-0.39, 0.29) is 0 Å². The minimum atomic E-state index is 0.819. The maximum absolute atomic E-state index is 4.47. The molecule has 90 valence electrons. The Morgan fingerprint density at radius 2 is 2.17 bits per heavy atom. The highest BCUT2D eigenvalue weighted by atomic mass is 79.9. The molecule has 0 amide bonds. The Kier molecular flexibility index (Phi) is 3.95. The van der Waals surface area contributed by atoms with E-state index in [9.17, 15) is 0 Å². The highest BCUT2D eigenvalue weighted by Gasteiger charge is 2.00. The average molecular weight is 301 g/mol. The first-order chi connectivity index (χ1) is 8.72. The predicted octanol–water partition coefficient (Wildman–Crippen LogP) is 4.64. The molecule has 0 radical (unpaired) electrons. The van der Waals surface area contributed by atoms with Gasteiger partial charge < -0.3 is 4.98 Å². The highest BCUT2D eigenvalue weighted by Crippen LogP contribution is 2.18. The van der Waals surface area contributed by atoms with Crippen molar-refractivity contribution in [3.63, 3.8) is 0 Å². The Hall–Kier alpha value is -1.87. The fraction of sp³-hybridized carbons (Fsp3) is 0. The summed E-state index contributed by atoms with van der Waals surface area (Å²) in [5.41, 5.74) is 2.95. The summed E-state index contributed by atoms with van der Waals surface area (Å²) in [6.07, 6.45) is 9.27. The zero-order valence-corrected chi connectivity index (χ0v) is 11.4. The molecule has 3 heteroatoms. The Labute approximate surface area is 115 Å². The maximum Gasteiger partial charge on any atom is 0.131 e. The van der Waals surface area contributed by atoms with E-state index >= 15 is 0 Å². The van der Waals surface area contributed by atoms with E-state index in [0.717, 1.165) is 26.9 Å². The lowest BCUT2D eigenvalue weighted by Crippen LogP contribution is -1.75. The number of aromatic amines is 1. The van der Waals surface area contributed by atoms with E-state index in [1.807, 2.05) is 36.4 Å². The minimum absolute atomic E-state index is 0.819. The van der Waals surface area contributed by atoms with Gasteiger partial charge in [0.05, 0.1) is 11.0 Å². The van der Waals surface area contributed by atoms with Gasteiger partial charge in [-0.2, -0.15) is 0 Å². The topological polar surface area (TPSA) is 28.7 Å². The molecule has 0 unspecified atom stereocenters. The first-order valence-electron chi connectivity index (χ1n) is 5.51. The Bertz CT molecular complexity index is 648. The van der Waals surface area contributed by atoms with Gasteiger partial charge >= 0.3 is 0 Å². The maximum atomic E-state index is 4.47. The van der Waals surface area contributed by atoms with Crippen LogP contribution in [0.15, 0.2) is 65.7 Å². The predicted molar refractivity (Wildman–Crippen MR) is 81.3 cm³/mol. The van der Waals surface area contributed by atoms with Gasteiger partial charge in [0.15, 0.2) is 0 Å². The number of hydrogen-bond donors (Lipinski definition) is 1. The van der Waals surface area contributed by atoms with Crippen LogP contribution in [0.1, 0.15) is 5.82 Å². The van der Waals surface area contributed by atoms with E-state index in [1.165, 1.54) is 0 Å². The fourth-order valence-corrected chi connectivity index (χ4v) is 1.94. The van der Waals surface area contributed by atoms with Gasteiger partial charge in [-0.15, -0.1) is 0 Å². The monoisotopic (exact) mass is 300 g/mol. The summed E-state index contributed by atoms with van der Waals surface area (Å²) < 4.78 is 1.03. The second-order valence-corrected chi connectivity index (χ2v) is 4.64. The number of fused-ring (bicyclic) bond motifs is 1. The van der Waals surface area contributed by atoms with Gasteiger partial charge in [-0.05, 0) is 29.8 Å². The van der Waals surface area contributed by atoms with Gasteiger partial charge in [-0.3, -0.25) is 0 Å². The van der Waals surface area contributed by atoms with Gasteiger partial charge in [0, 0.05) is 4.47 Å². The number of imidazole rings is 1. The summed E-state index contributed by atoms with van der Waals surface area (Å²) >= 11 is 3.44. The number of hydrogen-bond acceptors (Lipinski definition) is 1. The standard InChI is InChI=1S/C15H13BrN2/c1-3-5-11(4-2)6-9-15-17-13-8-7-12(16)10-14(13)18-15/h3-10H,1-2H2,(H,17,18)/b9-6+,11-5+. The lowest BCUT2D eigenvalue weighted by Gasteiger charge is -1.89. The Balaban J connectivity index is 2.32. The first kappa shape index (κ1) is 12.6. The number of nitrogens with one attached hydrogen (secondary N) is 1. The molecule has 1 aromatic heterocycles. The third-order valence-corrected chi connectivity index (χ3v) is 2.94. The number of aromatic nitrogens is 2. The van der Waals surface area contributed by atoms with Gasteiger partial charge in [0.25, 0.3) is 0 Å². The summed E-state index contributed by atoms with van der Waals surface area (Å²) in [6.45, 7) is 7.40. The lowest BCUT2D eigenvalue weighted by atomic mass is 10.2. The van der Waals surface area contributed by atoms with Crippen molar-refractivity contribution in [2.75, 3.05) is 0 Å². The molecular formula is C15H13BrN2. The number of benzene rings is 1. The molecule has 0 aliphatic rings. The van der Waals surface area contributed by atoms with E-state index in [2.05, 4.69) is 39.1 Å². The number of rotatable bonds is 4. The van der Waals surface area contributed by atoms with Crippen LogP contribution in [0.3, 0.4) is 0 Å². The molecule has 1 aromatic carbocycles. The molecule has 0 atom stereocenters. The third-order valence-electron chi connectivity index (χ3n) is 2.44. The molecule has 0 aliphatic heterocycles. The molecule has 1 heterocycles. The number of H-pyrrole nitrogens is 1. The van der Waals surface area contributed by atoms with Crippen LogP contribution in [-0.4, -0.2) is 9.97 Å². The highest BCUT2D eigenvalue weighted by molar-refractivity contribution is 9.10. The van der Waals surface area contributed by atoms with E-state index in [4.69, 9.17) is 0 Å². The molecule has 0 spiro atoms. The number of halogens is 1. The van der Waals surface area contributed by atoms with Gasteiger partial charge in [-0.1, -0.05) is 53.4 Å². The first-order valence-corrected chi connectivity index (χ1v) is 6.31. The zero-order chi connectivity index (χ0) is 13.0. The van der Waals surface area contributed by atoms with Crippen molar-refractivity contribution < 1.29 is 0 Å². The molecule has 0 bridgehead atoms. The molecule has 2 aromatic rings. The largest absolute Gasteiger partial charge is 0.338 e. The molecule has 2 nitrogen and oxygen atoms in total. The second kappa shape index (κ2) is 5.65. The quantitative estimate of drug-likeness (QED) is 0.819. The van der Waals surface area contributed by atoms with Crippen LogP contribution in [0.25, 0.3) is 17.1 Å². The summed E-state index contributed by atoms with van der Waals surface area (Å²) in [4.78, 5) is 7.71. The van der Waals surface area contributed by atoms with Crippen molar-refractivity contribution >= 4 is 33.0 Å². The van der Waals surface area contributed by atoms with Gasteiger partial charge in [-0.25, -0.2) is 4.98 Å². The van der Waals surface area contributed by atoms with E-state index in [1.54, 1.807) is 12.2 Å². The normalized spacial score (nSPS) is 12.2. The summed E-state index contributed by atoms with van der Waals surface area (Å²) in [5, 5.41) is 0. The van der Waals surface area contributed by atoms with Crippen molar-refractivity contribution in [2.45, 2.75) is 0 Å². The van der Waals surface area contributed by atoms with Crippen LogP contribution in [0.4, 0.5) is 0 Å². The van der Waals surface area contributed by atoms with Crippen LogP contribution in [-0.2, 0) is 0 Å².